The maximum absolute atomic E-state index is 14.2. The number of amides is 2. The van der Waals surface area contributed by atoms with Crippen LogP contribution in [0.25, 0.3) is 0 Å². The summed E-state index contributed by atoms with van der Waals surface area (Å²) in [7, 11) is 0. The minimum Gasteiger partial charge on any atom is -0.382 e. The van der Waals surface area contributed by atoms with Crippen LogP contribution in [0.1, 0.15) is 48.5 Å². The lowest BCUT2D eigenvalue weighted by Crippen LogP contribution is -2.36. The largest absolute Gasteiger partial charge is 0.382 e. The highest BCUT2D eigenvalue weighted by molar-refractivity contribution is 6.04. The fraction of sp³-hybridized carbons (Fsp3) is 0.400. The second-order valence-corrected chi connectivity index (χ2v) is 5.24. The van der Waals surface area contributed by atoms with E-state index < -0.39 is 11.7 Å². The van der Waals surface area contributed by atoms with E-state index in [0.717, 1.165) is 25.3 Å². The third-order valence-electron chi connectivity index (χ3n) is 3.36. The van der Waals surface area contributed by atoms with E-state index in [1.54, 1.807) is 0 Å². The number of rotatable bonds is 8. The number of carbonyl (C=O) groups is 2. The zero-order valence-electron chi connectivity index (χ0n) is 12.3. The molecule has 118 valence electrons. The molecule has 1 saturated carbocycles. The summed E-state index contributed by atoms with van der Waals surface area (Å²) >= 11 is 0. The molecule has 1 aliphatic carbocycles. The van der Waals surface area contributed by atoms with Crippen molar-refractivity contribution in [1.29, 1.82) is 5.41 Å². The molecule has 4 N–H and O–H groups in total. The Kier molecular flexibility index (Phi) is 5.08. The van der Waals surface area contributed by atoms with Gasteiger partial charge in [0.15, 0.2) is 0 Å². The maximum atomic E-state index is 14.2. The van der Waals surface area contributed by atoms with Crippen molar-refractivity contribution in [1.82, 2.24) is 10.9 Å². The summed E-state index contributed by atoms with van der Waals surface area (Å²) in [6.07, 6.45) is 3.53. The van der Waals surface area contributed by atoms with E-state index in [4.69, 9.17) is 5.41 Å². The molecule has 0 heterocycles. The average molecular weight is 306 g/mol. The van der Waals surface area contributed by atoms with Gasteiger partial charge in [-0.3, -0.25) is 20.4 Å². The van der Waals surface area contributed by atoms with Gasteiger partial charge < -0.3 is 10.7 Å². The molecule has 2 amide bonds. The second kappa shape index (κ2) is 7.02. The molecule has 2 rings (SSSR count). The smallest absolute Gasteiger partial charge is 0.271 e. The molecule has 0 bridgehead atoms. The second-order valence-electron chi connectivity index (χ2n) is 5.24. The summed E-state index contributed by atoms with van der Waals surface area (Å²) in [6, 6.07) is 2.87. The van der Waals surface area contributed by atoms with Crippen LogP contribution < -0.4 is 16.2 Å². The van der Waals surface area contributed by atoms with Gasteiger partial charge >= 0.3 is 0 Å². The highest BCUT2D eigenvalue weighted by Crippen LogP contribution is 2.29. The molecule has 1 fully saturated rings. The highest BCUT2D eigenvalue weighted by atomic mass is 19.1. The number of benzene rings is 1. The first-order chi connectivity index (χ1) is 10.6. The Balaban J connectivity index is 2.34. The lowest BCUT2D eigenvalue weighted by atomic mass is 10.0. The number of nitrogens with one attached hydrogen (secondary N) is 4. The van der Waals surface area contributed by atoms with Crippen molar-refractivity contribution in [3.63, 3.8) is 0 Å². The molecule has 1 aromatic carbocycles. The SMILES string of the molecule is CCCC(=N)c1cc(NC2CC2)c(C(=O)NNC=O)cc1F. The van der Waals surface area contributed by atoms with Gasteiger partial charge in [0.1, 0.15) is 5.82 Å². The van der Waals surface area contributed by atoms with Crippen LogP contribution in [0.3, 0.4) is 0 Å². The van der Waals surface area contributed by atoms with Gasteiger partial charge in [-0.1, -0.05) is 13.3 Å². The Morgan fingerprint density at radius 1 is 1.41 bits per heavy atom. The van der Waals surface area contributed by atoms with Gasteiger partial charge in [0, 0.05) is 23.0 Å². The van der Waals surface area contributed by atoms with Crippen molar-refractivity contribution < 1.29 is 14.0 Å². The van der Waals surface area contributed by atoms with Gasteiger partial charge in [0.2, 0.25) is 6.41 Å². The standard InChI is InChI=1S/C15H19FN4O2/c1-2-3-13(17)10-7-14(19-9-4-5-9)11(6-12(10)16)15(22)20-18-8-21/h6-9,17,19H,2-5H2,1H3,(H,18,21)(H,20,22). The molecule has 0 spiro atoms. The topological polar surface area (TPSA) is 94.1 Å². The zero-order valence-corrected chi connectivity index (χ0v) is 12.3. The molecule has 0 atom stereocenters. The van der Waals surface area contributed by atoms with E-state index in [2.05, 4.69) is 10.7 Å². The van der Waals surface area contributed by atoms with Crippen LogP contribution in [0, 0.1) is 11.2 Å². The summed E-state index contributed by atoms with van der Waals surface area (Å²) in [6.45, 7) is 1.92. The van der Waals surface area contributed by atoms with Gasteiger partial charge in [-0.15, -0.1) is 0 Å². The molecule has 7 heteroatoms. The molecule has 1 aliphatic rings. The lowest BCUT2D eigenvalue weighted by molar-refractivity contribution is -0.110. The van der Waals surface area contributed by atoms with Crippen LogP contribution in [0.5, 0.6) is 0 Å². The van der Waals surface area contributed by atoms with Gasteiger partial charge in [-0.2, -0.15) is 0 Å². The first kappa shape index (κ1) is 15.9. The lowest BCUT2D eigenvalue weighted by Gasteiger charge is -2.14. The fourth-order valence-electron chi connectivity index (χ4n) is 2.11. The third kappa shape index (κ3) is 3.81. The van der Waals surface area contributed by atoms with Crippen LogP contribution in [-0.2, 0) is 4.79 Å². The number of carbonyl (C=O) groups excluding carboxylic acids is 2. The van der Waals surface area contributed by atoms with Gasteiger partial charge in [-0.25, -0.2) is 4.39 Å². The van der Waals surface area contributed by atoms with Crippen LogP contribution in [0.4, 0.5) is 10.1 Å². The zero-order chi connectivity index (χ0) is 16.1. The Morgan fingerprint density at radius 2 is 2.14 bits per heavy atom. The predicted octanol–water partition coefficient (Wildman–Crippen LogP) is 1.96. The molecule has 22 heavy (non-hydrogen) atoms. The molecule has 6 nitrogen and oxygen atoms in total. The minimum absolute atomic E-state index is 0.104. The highest BCUT2D eigenvalue weighted by Gasteiger charge is 2.25. The van der Waals surface area contributed by atoms with E-state index >= 15 is 0 Å². The van der Waals surface area contributed by atoms with E-state index in [-0.39, 0.29) is 22.9 Å². The Morgan fingerprint density at radius 3 is 2.73 bits per heavy atom. The number of hydrogen-bond acceptors (Lipinski definition) is 4. The van der Waals surface area contributed by atoms with Crippen LogP contribution in [0.2, 0.25) is 0 Å². The number of halogens is 1. The Bertz CT molecular complexity index is 599. The Hall–Kier alpha value is -2.44. The molecule has 0 saturated heterocycles. The molecular formula is C15H19FN4O2. The molecule has 0 aromatic heterocycles. The fourth-order valence-corrected chi connectivity index (χ4v) is 2.11. The van der Waals surface area contributed by atoms with Crippen molar-refractivity contribution in [2.24, 2.45) is 0 Å². The summed E-state index contributed by atoms with van der Waals surface area (Å²) < 4.78 is 14.2. The maximum Gasteiger partial charge on any atom is 0.271 e. The van der Waals surface area contributed by atoms with Crippen molar-refractivity contribution >= 4 is 23.7 Å². The van der Waals surface area contributed by atoms with E-state index in [1.807, 2.05) is 12.3 Å². The van der Waals surface area contributed by atoms with E-state index in [1.165, 1.54) is 6.07 Å². The van der Waals surface area contributed by atoms with Crippen molar-refractivity contribution in [3.8, 4) is 0 Å². The van der Waals surface area contributed by atoms with Crippen LogP contribution in [-0.4, -0.2) is 24.1 Å². The normalized spacial score (nSPS) is 13.4. The van der Waals surface area contributed by atoms with Crippen molar-refractivity contribution in [2.45, 2.75) is 38.6 Å². The number of hydrogen-bond donors (Lipinski definition) is 4. The summed E-state index contributed by atoms with van der Waals surface area (Å²) in [4.78, 5) is 22.2. The summed E-state index contributed by atoms with van der Waals surface area (Å²) in [5.41, 5.74) is 5.20. The first-order valence-electron chi connectivity index (χ1n) is 7.24. The summed E-state index contributed by atoms with van der Waals surface area (Å²) in [5, 5.41) is 11.1. The number of anilines is 1. The van der Waals surface area contributed by atoms with Crippen LogP contribution in [0.15, 0.2) is 12.1 Å². The molecule has 0 radical (unpaired) electrons. The molecule has 0 unspecified atom stereocenters. The quantitative estimate of drug-likeness (QED) is 0.336. The monoisotopic (exact) mass is 306 g/mol. The molecule has 1 aromatic rings. The summed E-state index contributed by atoms with van der Waals surface area (Å²) in [5.74, 6) is -1.22. The number of hydrazine groups is 1. The molecular weight excluding hydrogens is 287 g/mol. The first-order valence-corrected chi connectivity index (χ1v) is 7.24. The minimum atomic E-state index is -0.615. The van der Waals surface area contributed by atoms with Crippen LogP contribution >= 0.6 is 0 Å². The van der Waals surface area contributed by atoms with Gasteiger partial charge in [0.05, 0.1) is 5.56 Å². The average Bonchev–Trinajstić information content (AvgIpc) is 3.30. The van der Waals surface area contributed by atoms with Gasteiger partial charge in [0.25, 0.3) is 5.91 Å². The van der Waals surface area contributed by atoms with Gasteiger partial charge in [-0.05, 0) is 31.4 Å². The predicted molar refractivity (Wildman–Crippen MR) is 81.4 cm³/mol. The third-order valence-corrected chi connectivity index (χ3v) is 3.36. The van der Waals surface area contributed by atoms with Crippen molar-refractivity contribution in [3.05, 3.63) is 29.1 Å². The Labute approximate surface area is 128 Å². The molecule has 0 aliphatic heterocycles. The van der Waals surface area contributed by atoms with E-state index in [0.29, 0.717) is 18.5 Å². The van der Waals surface area contributed by atoms with Crippen molar-refractivity contribution in [2.75, 3.05) is 5.32 Å². The van der Waals surface area contributed by atoms with E-state index in [9.17, 15) is 14.0 Å².